The number of carbonyl (C=O) groups excluding carboxylic acids is 1. The number of hydrogen-bond donors (Lipinski definition) is 1. The third-order valence-corrected chi connectivity index (χ3v) is 2.79. The van der Waals surface area contributed by atoms with Crippen LogP contribution in [0.5, 0.6) is 0 Å². The van der Waals surface area contributed by atoms with Gasteiger partial charge in [-0.15, -0.1) is 0 Å². The first-order valence-corrected chi connectivity index (χ1v) is 5.70. The summed E-state index contributed by atoms with van der Waals surface area (Å²) in [6.07, 6.45) is 3.26. The first-order chi connectivity index (χ1) is 7.12. The van der Waals surface area contributed by atoms with Crippen LogP contribution in [0.3, 0.4) is 0 Å². The highest BCUT2D eigenvalue weighted by Crippen LogP contribution is 2.26. The molecule has 0 bridgehead atoms. The van der Waals surface area contributed by atoms with Crippen LogP contribution in [-0.2, 0) is 14.3 Å². The topological polar surface area (TPSA) is 61.6 Å². The lowest BCUT2D eigenvalue weighted by Crippen LogP contribution is -2.55. The molecule has 1 heterocycles. The lowest BCUT2D eigenvalue weighted by atomic mass is 9.86. The average molecular weight is 215 g/mol. The van der Waals surface area contributed by atoms with E-state index in [2.05, 4.69) is 6.92 Å². The van der Waals surface area contributed by atoms with Gasteiger partial charge in [0.2, 0.25) is 0 Å². The lowest BCUT2D eigenvalue weighted by molar-refractivity contribution is -0.156. The number of ether oxygens (including phenoxy) is 2. The van der Waals surface area contributed by atoms with Crippen LogP contribution in [0.25, 0.3) is 0 Å². The van der Waals surface area contributed by atoms with E-state index in [0.29, 0.717) is 26.1 Å². The summed E-state index contributed by atoms with van der Waals surface area (Å²) in [6, 6.07) is 0. The summed E-state index contributed by atoms with van der Waals surface area (Å²) in [6.45, 7) is 4.84. The van der Waals surface area contributed by atoms with Gasteiger partial charge in [0.05, 0.1) is 12.7 Å². The van der Waals surface area contributed by atoms with Crippen molar-refractivity contribution in [1.29, 1.82) is 0 Å². The minimum Gasteiger partial charge on any atom is -0.465 e. The van der Waals surface area contributed by atoms with Gasteiger partial charge in [-0.05, 0) is 19.8 Å². The second kappa shape index (κ2) is 5.47. The number of hydrogen-bond acceptors (Lipinski definition) is 4. The van der Waals surface area contributed by atoms with Gasteiger partial charge >= 0.3 is 5.97 Å². The molecule has 1 aliphatic heterocycles. The molecule has 1 fully saturated rings. The average Bonchev–Trinajstić information content (AvgIpc) is 2.19. The maximum Gasteiger partial charge on any atom is 0.326 e. The fourth-order valence-electron chi connectivity index (χ4n) is 1.94. The van der Waals surface area contributed by atoms with Crippen molar-refractivity contribution >= 4 is 5.97 Å². The highest BCUT2D eigenvalue weighted by molar-refractivity contribution is 5.80. The Kier molecular flexibility index (Phi) is 4.54. The van der Waals surface area contributed by atoms with E-state index in [9.17, 15) is 4.79 Å². The van der Waals surface area contributed by atoms with Crippen LogP contribution in [0.2, 0.25) is 0 Å². The predicted molar refractivity (Wildman–Crippen MR) is 57.4 cm³/mol. The Bertz CT molecular complexity index is 218. The second-order valence-corrected chi connectivity index (χ2v) is 4.11. The Morgan fingerprint density at radius 3 is 2.93 bits per heavy atom. The zero-order chi connectivity index (χ0) is 11.3. The number of carbonyl (C=O) groups is 1. The van der Waals surface area contributed by atoms with Crippen LogP contribution in [0.1, 0.15) is 39.5 Å². The van der Waals surface area contributed by atoms with E-state index in [0.717, 1.165) is 12.8 Å². The molecule has 4 heteroatoms. The van der Waals surface area contributed by atoms with Crippen molar-refractivity contribution in [2.24, 2.45) is 5.73 Å². The van der Waals surface area contributed by atoms with E-state index in [1.807, 2.05) is 0 Å². The van der Waals surface area contributed by atoms with Crippen molar-refractivity contribution in [2.45, 2.75) is 51.2 Å². The van der Waals surface area contributed by atoms with Gasteiger partial charge in [-0.1, -0.05) is 13.3 Å². The highest BCUT2D eigenvalue weighted by Gasteiger charge is 2.40. The number of esters is 1. The molecule has 2 N–H and O–H groups in total. The molecule has 4 nitrogen and oxygen atoms in total. The van der Waals surface area contributed by atoms with E-state index < -0.39 is 5.54 Å². The molecule has 0 saturated carbocycles. The molecule has 2 unspecified atom stereocenters. The Morgan fingerprint density at radius 2 is 2.33 bits per heavy atom. The lowest BCUT2D eigenvalue weighted by Gasteiger charge is -2.35. The van der Waals surface area contributed by atoms with Crippen molar-refractivity contribution < 1.29 is 14.3 Å². The van der Waals surface area contributed by atoms with E-state index in [4.69, 9.17) is 15.2 Å². The summed E-state index contributed by atoms with van der Waals surface area (Å²) < 4.78 is 10.5. The Morgan fingerprint density at radius 1 is 1.60 bits per heavy atom. The monoisotopic (exact) mass is 215 g/mol. The molecule has 0 aliphatic carbocycles. The van der Waals surface area contributed by atoms with Crippen molar-refractivity contribution in [3.05, 3.63) is 0 Å². The fraction of sp³-hybridized carbons (Fsp3) is 0.909. The molecular weight excluding hydrogens is 194 g/mol. The molecule has 0 aromatic rings. The summed E-state index contributed by atoms with van der Waals surface area (Å²) in [4.78, 5) is 11.7. The smallest absolute Gasteiger partial charge is 0.326 e. The van der Waals surface area contributed by atoms with Gasteiger partial charge in [-0.2, -0.15) is 0 Å². The van der Waals surface area contributed by atoms with Gasteiger partial charge in [-0.3, -0.25) is 4.79 Å². The molecule has 0 spiro atoms. The van der Waals surface area contributed by atoms with Gasteiger partial charge in [0.25, 0.3) is 0 Å². The molecule has 1 saturated heterocycles. The molecule has 1 aliphatic rings. The van der Waals surface area contributed by atoms with E-state index >= 15 is 0 Å². The Balaban J connectivity index is 2.55. The van der Waals surface area contributed by atoms with Crippen LogP contribution in [0.15, 0.2) is 0 Å². The Labute approximate surface area is 91.1 Å². The summed E-state index contributed by atoms with van der Waals surface area (Å²) in [5, 5.41) is 0. The van der Waals surface area contributed by atoms with E-state index in [1.54, 1.807) is 6.92 Å². The Hall–Kier alpha value is -0.610. The maximum atomic E-state index is 11.7. The number of nitrogens with two attached hydrogens (primary N) is 1. The molecule has 88 valence electrons. The maximum absolute atomic E-state index is 11.7. The molecular formula is C11H21NO3. The van der Waals surface area contributed by atoms with Crippen LogP contribution >= 0.6 is 0 Å². The highest BCUT2D eigenvalue weighted by atomic mass is 16.5. The molecule has 15 heavy (non-hydrogen) atoms. The molecule has 0 radical (unpaired) electrons. The van der Waals surface area contributed by atoms with Crippen molar-refractivity contribution in [2.75, 3.05) is 13.2 Å². The van der Waals surface area contributed by atoms with Crippen molar-refractivity contribution in [3.63, 3.8) is 0 Å². The minimum atomic E-state index is -0.825. The zero-order valence-electron chi connectivity index (χ0n) is 9.62. The second-order valence-electron chi connectivity index (χ2n) is 4.11. The first-order valence-electron chi connectivity index (χ1n) is 5.70. The number of rotatable bonds is 4. The van der Waals surface area contributed by atoms with Gasteiger partial charge in [0, 0.05) is 13.0 Å². The standard InChI is InChI=1S/C11H21NO3/c1-3-5-9-8-11(12,6-7-15-9)10(13)14-4-2/h9H,3-8,12H2,1-2H3. The fourth-order valence-corrected chi connectivity index (χ4v) is 1.94. The summed E-state index contributed by atoms with van der Waals surface area (Å²) in [7, 11) is 0. The molecule has 0 aromatic heterocycles. The van der Waals surface area contributed by atoms with Gasteiger partial charge in [0.1, 0.15) is 5.54 Å². The van der Waals surface area contributed by atoms with Gasteiger partial charge in [0.15, 0.2) is 0 Å². The van der Waals surface area contributed by atoms with E-state index in [-0.39, 0.29) is 12.1 Å². The van der Waals surface area contributed by atoms with Crippen LogP contribution < -0.4 is 5.73 Å². The van der Waals surface area contributed by atoms with Gasteiger partial charge in [-0.25, -0.2) is 0 Å². The van der Waals surface area contributed by atoms with Crippen molar-refractivity contribution in [3.8, 4) is 0 Å². The molecule has 2 atom stereocenters. The minimum absolute atomic E-state index is 0.109. The van der Waals surface area contributed by atoms with Crippen LogP contribution in [0, 0.1) is 0 Å². The van der Waals surface area contributed by atoms with Gasteiger partial charge < -0.3 is 15.2 Å². The largest absolute Gasteiger partial charge is 0.465 e. The summed E-state index contributed by atoms with van der Waals surface area (Å²) in [5.41, 5.74) is 5.23. The van der Waals surface area contributed by atoms with Crippen molar-refractivity contribution in [1.82, 2.24) is 0 Å². The van der Waals surface area contributed by atoms with Crippen LogP contribution in [-0.4, -0.2) is 30.8 Å². The summed E-state index contributed by atoms with van der Waals surface area (Å²) in [5.74, 6) is -0.283. The molecule has 1 rings (SSSR count). The predicted octanol–water partition coefficient (Wildman–Crippen LogP) is 1.23. The third-order valence-electron chi connectivity index (χ3n) is 2.79. The molecule has 0 amide bonds. The third kappa shape index (κ3) is 3.18. The quantitative estimate of drug-likeness (QED) is 0.716. The molecule has 0 aromatic carbocycles. The zero-order valence-corrected chi connectivity index (χ0v) is 9.62. The van der Waals surface area contributed by atoms with Crippen LogP contribution in [0.4, 0.5) is 0 Å². The SMILES string of the molecule is CCCC1CC(N)(C(=O)OCC)CCO1. The summed E-state index contributed by atoms with van der Waals surface area (Å²) >= 11 is 0. The van der Waals surface area contributed by atoms with E-state index in [1.165, 1.54) is 0 Å². The normalized spacial score (nSPS) is 31.3. The first kappa shape index (κ1) is 12.5.